The average molecular weight is 193 g/mol. The molecule has 0 spiro atoms. The average Bonchev–Trinajstić information content (AvgIpc) is 2.52. The van der Waals surface area contributed by atoms with Crippen LogP contribution in [0.3, 0.4) is 0 Å². The van der Waals surface area contributed by atoms with Crippen LogP contribution in [-0.2, 0) is 4.79 Å². The van der Waals surface area contributed by atoms with Crippen molar-refractivity contribution in [1.29, 1.82) is 0 Å². The van der Waals surface area contributed by atoms with Gasteiger partial charge in [0.2, 0.25) is 0 Å². The van der Waals surface area contributed by atoms with E-state index in [9.17, 15) is 4.79 Å². The summed E-state index contributed by atoms with van der Waals surface area (Å²) in [4.78, 5) is 9.90. The standard InChI is InChI=1S/C6H3Cl.C3H2N2O/c7-6-3-4-1-2-5(4)6;6-3-1-2-4-5-3/h1-3H;1-2H. The smallest absolute Gasteiger partial charge is 0.266 e. The molecule has 0 radical (unpaired) electrons. The van der Waals surface area contributed by atoms with Crippen LogP contribution < -0.4 is 0 Å². The molecule has 64 valence electrons. The molecule has 1 amide bonds. The first-order valence-corrected chi connectivity index (χ1v) is 4.06. The highest BCUT2D eigenvalue weighted by Gasteiger charge is 1.99. The number of carbonyl (C=O) groups is 1. The summed E-state index contributed by atoms with van der Waals surface area (Å²) >= 11 is 5.60. The zero-order valence-electron chi connectivity index (χ0n) is 6.57. The number of nitrogens with zero attached hydrogens (tertiary/aromatic N) is 2. The summed E-state index contributed by atoms with van der Waals surface area (Å²) in [6.45, 7) is 0. The maximum absolute atomic E-state index is 9.90. The lowest BCUT2D eigenvalue weighted by Gasteiger charge is -2.01. The van der Waals surface area contributed by atoms with E-state index in [-0.39, 0.29) is 5.91 Å². The van der Waals surface area contributed by atoms with Gasteiger partial charge in [0.05, 0.1) is 6.20 Å². The topological polar surface area (TPSA) is 41.8 Å². The second-order valence-corrected chi connectivity index (χ2v) is 2.97. The minimum absolute atomic E-state index is 0.269. The molecule has 0 atom stereocenters. The molecule has 0 unspecified atom stereocenters. The lowest BCUT2D eigenvalue weighted by molar-refractivity contribution is -0.113. The van der Waals surface area contributed by atoms with Crippen molar-refractivity contribution in [3.8, 4) is 0 Å². The van der Waals surface area contributed by atoms with Gasteiger partial charge in [-0.1, -0.05) is 23.7 Å². The zero-order chi connectivity index (χ0) is 9.26. The fourth-order valence-electron chi connectivity index (χ4n) is 0.963. The van der Waals surface area contributed by atoms with E-state index in [2.05, 4.69) is 16.3 Å². The van der Waals surface area contributed by atoms with Crippen molar-refractivity contribution in [2.75, 3.05) is 0 Å². The van der Waals surface area contributed by atoms with Gasteiger partial charge in [-0.15, -0.1) is 5.11 Å². The Hall–Kier alpha value is -1.48. The summed E-state index contributed by atoms with van der Waals surface area (Å²) in [5.41, 5.74) is 0. The van der Waals surface area contributed by atoms with Crippen molar-refractivity contribution >= 4 is 17.5 Å². The number of azo groups is 1. The third-order valence-electron chi connectivity index (χ3n) is 1.72. The Morgan fingerprint density at radius 1 is 1.31 bits per heavy atom. The molecule has 0 aromatic carbocycles. The molecule has 3 aliphatic rings. The molecule has 3 nitrogen and oxygen atoms in total. The van der Waals surface area contributed by atoms with E-state index in [0.717, 1.165) is 5.02 Å². The highest BCUT2D eigenvalue weighted by Crippen LogP contribution is 2.20. The molecule has 2 aliphatic carbocycles. The number of rotatable bonds is 0. The van der Waals surface area contributed by atoms with Crippen LogP contribution in [0.2, 0.25) is 5.02 Å². The quantitative estimate of drug-likeness (QED) is 0.632. The summed E-state index contributed by atoms with van der Waals surface area (Å²) in [6.07, 6.45) is 2.67. The molecule has 0 aromatic rings. The maximum atomic E-state index is 9.90. The SMILES string of the molecule is Clc1cc2ccc1=2.O=C1C=CN=N1. The number of benzene rings is 1. The normalized spacial score (nSPS) is 14.1. The number of amides is 1. The zero-order valence-corrected chi connectivity index (χ0v) is 7.32. The van der Waals surface area contributed by atoms with Crippen molar-refractivity contribution in [3.05, 3.63) is 45.9 Å². The summed E-state index contributed by atoms with van der Waals surface area (Å²) in [6, 6.07) is 6.05. The van der Waals surface area contributed by atoms with Crippen molar-refractivity contribution in [2.24, 2.45) is 10.2 Å². The van der Waals surface area contributed by atoms with Gasteiger partial charge < -0.3 is 0 Å². The van der Waals surface area contributed by atoms with Gasteiger partial charge in [0, 0.05) is 16.3 Å². The predicted octanol–water partition coefficient (Wildman–Crippen LogP) is 2.43. The molecule has 13 heavy (non-hydrogen) atoms. The van der Waals surface area contributed by atoms with Crippen LogP contribution in [0, 0.1) is 10.4 Å². The first-order valence-electron chi connectivity index (χ1n) is 3.68. The minimum Gasteiger partial charge on any atom is -0.266 e. The molecular weight excluding hydrogens is 188 g/mol. The van der Waals surface area contributed by atoms with Crippen LogP contribution in [0.25, 0.3) is 0 Å². The number of carbonyl (C=O) groups excluding carboxylic acids is 1. The first kappa shape index (κ1) is 8.13. The van der Waals surface area contributed by atoms with Gasteiger partial charge >= 0.3 is 0 Å². The molecule has 3 rings (SSSR count). The third kappa shape index (κ3) is 1.51. The van der Waals surface area contributed by atoms with Gasteiger partial charge in [-0.2, -0.15) is 5.11 Å². The number of halogens is 1. The van der Waals surface area contributed by atoms with Crippen LogP contribution in [0.5, 0.6) is 0 Å². The third-order valence-corrected chi connectivity index (χ3v) is 2.03. The van der Waals surface area contributed by atoms with Gasteiger partial charge in [0.15, 0.2) is 0 Å². The second-order valence-electron chi connectivity index (χ2n) is 2.56. The van der Waals surface area contributed by atoms with Crippen molar-refractivity contribution < 1.29 is 4.79 Å². The molecule has 0 saturated heterocycles. The van der Waals surface area contributed by atoms with E-state index in [1.54, 1.807) is 0 Å². The molecule has 0 fully saturated rings. The number of hydrogen-bond donors (Lipinski definition) is 0. The van der Waals surface area contributed by atoms with E-state index in [0.29, 0.717) is 0 Å². The largest absolute Gasteiger partial charge is 0.289 e. The maximum Gasteiger partial charge on any atom is 0.289 e. The predicted molar refractivity (Wildman–Crippen MR) is 48.1 cm³/mol. The fraction of sp³-hybridized carbons (Fsp3) is 0. The van der Waals surface area contributed by atoms with Crippen molar-refractivity contribution in [1.82, 2.24) is 0 Å². The fourth-order valence-corrected chi connectivity index (χ4v) is 1.25. The summed E-state index contributed by atoms with van der Waals surface area (Å²) < 4.78 is 0. The Balaban J connectivity index is 0.000000102. The van der Waals surface area contributed by atoms with E-state index >= 15 is 0 Å². The summed E-state index contributed by atoms with van der Waals surface area (Å²) in [5, 5.41) is 9.83. The summed E-state index contributed by atoms with van der Waals surface area (Å²) in [7, 11) is 0. The molecular formula is C9H5ClN2O. The van der Waals surface area contributed by atoms with E-state index in [1.807, 2.05) is 12.1 Å². The van der Waals surface area contributed by atoms with Crippen LogP contribution in [-0.4, -0.2) is 5.91 Å². The number of hydrogen-bond acceptors (Lipinski definition) is 2. The van der Waals surface area contributed by atoms with E-state index in [1.165, 1.54) is 22.7 Å². The highest BCUT2D eigenvalue weighted by molar-refractivity contribution is 6.31. The Morgan fingerprint density at radius 3 is 2.23 bits per heavy atom. The molecule has 0 saturated carbocycles. The molecule has 1 heterocycles. The van der Waals surface area contributed by atoms with Gasteiger partial charge in [0.25, 0.3) is 5.91 Å². The van der Waals surface area contributed by atoms with Gasteiger partial charge in [-0.25, -0.2) is 0 Å². The first-order chi connectivity index (χ1) is 6.27. The van der Waals surface area contributed by atoms with Crippen molar-refractivity contribution in [3.63, 3.8) is 0 Å². The second kappa shape index (κ2) is 3.11. The molecule has 4 heteroatoms. The lowest BCUT2D eigenvalue weighted by Crippen LogP contribution is -1.84. The van der Waals surface area contributed by atoms with Gasteiger partial charge in [-0.3, -0.25) is 4.79 Å². The van der Waals surface area contributed by atoms with E-state index < -0.39 is 0 Å². The Labute approximate surface area is 79.1 Å². The molecule has 0 N–H and O–H groups in total. The Morgan fingerprint density at radius 2 is 2.15 bits per heavy atom. The summed E-state index contributed by atoms with van der Waals surface area (Å²) in [5.74, 6) is -0.269. The monoisotopic (exact) mass is 192 g/mol. The van der Waals surface area contributed by atoms with Crippen molar-refractivity contribution in [2.45, 2.75) is 0 Å². The Kier molecular flexibility index (Phi) is 1.94. The highest BCUT2D eigenvalue weighted by atomic mass is 35.5. The molecule has 0 aromatic heterocycles. The Bertz CT molecular complexity index is 491. The minimum atomic E-state index is -0.269. The van der Waals surface area contributed by atoms with Gasteiger partial charge in [-0.05, 0) is 11.3 Å². The van der Waals surface area contributed by atoms with Crippen LogP contribution in [0.15, 0.2) is 40.7 Å². The lowest BCUT2D eigenvalue weighted by atomic mass is 10.1. The van der Waals surface area contributed by atoms with Gasteiger partial charge in [0.1, 0.15) is 0 Å². The van der Waals surface area contributed by atoms with Crippen LogP contribution in [0.4, 0.5) is 0 Å². The van der Waals surface area contributed by atoms with Crippen LogP contribution >= 0.6 is 11.6 Å². The van der Waals surface area contributed by atoms with Crippen LogP contribution in [0.1, 0.15) is 0 Å². The molecule has 1 aliphatic heterocycles. The molecule has 0 bridgehead atoms. The van der Waals surface area contributed by atoms with E-state index in [4.69, 9.17) is 11.6 Å².